The molecule has 6 N–H and O–H groups in total. The Bertz CT molecular complexity index is 351. The van der Waals surface area contributed by atoms with E-state index < -0.39 is 47.2 Å². The third-order valence-electron chi connectivity index (χ3n) is 2.08. The second-order valence-corrected chi connectivity index (χ2v) is 3.46. The zero-order valence-corrected chi connectivity index (χ0v) is 9.54. The number of nitrogens with zero attached hydrogens (tertiary/aromatic N) is 2. The minimum absolute atomic E-state index is 1.53. The quantitative estimate of drug-likeness (QED) is 0.134. The van der Waals surface area contributed by atoms with Crippen molar-refractivity contribution in [2.45, 2.75) is 30.4 Å². The number of hydrogen-bond acceptors (Lipinski definition) is 12. The second kappa shape index (κ2) is 7.08. The summed E-state index contributed by atoms with van der Waals surface area (Å²) in [5, 5.41) is 71.6. The van der Waals surface area contributed by atoms with E-state index in [1.807, 2.05) is 0 Å². The molecule has 20 heavy (non-hydrogen) atoms. The van der Waals surface area contributed by atoms with Gasteiger partial charge in [-0.05, 0) is 0 Å². The molecular weight excluding hydrogens is 292 g/mol. The number of aliphatic hydroxyl groups excluding tert-OH is 5. The fourth-order valence-corrected chi connectivity index (χ4v) is 1.08. The molecule has 1 unspecified atom stereocenters. The summed E-state index contributed by atoms with van der Waals surface area (Å²) in [5.74, 6) is -3.34. The third kappa shape index (κ3) is 4.68. The molecule has 0 aliphatic rings. The van der Waals surface area contributed by atoms with Gasteiger partial charge >= 0.3 is 0 Å². The zero-order chi connectivity index (χ0) is 16.1. The first-order chi connectivity index (χ1) is 9.05. The minimum Gasteiger partial charge on any atom is -0.391 e. The van der Waals surface area contributed by atoms with Crippen LogP contribution in [0.4, 0.5) is 0 Å². The Hall–Kier alpha value is -1.84. The van der Waals surface area contributed by atoms with Crippen LogP contribution in [0.3, 0.4) is 0 Å². The monoisotopic (exact) mass is 304 g/mol. The molecule has 0 saturated carbocycles. The van der Waals surface area contributed by atoms with Crippen molar-refractivity contribution in [3.8, 4) is 0 Å². The van der Waals surface area contributed by atoms with E-state index in [1.54, 1.807) is 0 Å². The molecule has 0 bridgehead atoms. The van der Waals surface area contributed by atoms with Gasteiger partial charge in [-0.1, -0.05) is 0 Å². The highest BCUT2D eigenvalue weighted by Gasteiger charge is 2.47. The Labute approximate surface area is 109 Å². The highest BCUT2D eigenvalue weighted by atomic mass is 17.0. The summed E-state index contributed by atoms with van der Waals surface area (Å²) in [6.07, 6.45) is -10.5. The van der Waals surface area contributed by atoms with Crippen LogP contribution in [0, 0.1) is 20.2 Å². The highest BCUT2D eigenvalue weighted by Crippen LogP contribution is 2.19. The summed E-state index contributed by atoms with van der Waals surface area (Å²) >= 11 is 0. The average molecular weight is 304 g/mol. The zero-order valence-electron chi connectivity index (χ0n) is 9.54. The molecule has 0 aliphatic carbocycles. The van der Waals surface area contributed by atoms with Gasteiger partial charge in [-0.15, -0.1) is 20.2 Å². The van der Waals surface area contributed by atoms with Gasteiger partial charge in [-0.25, -0.2) is 0 Å². The van der Waals surface area contributed by atoms with E-state index in [0.29, 0.717) is 0 Å². The van der Waals surface area contributed by atoms with Gasteiger partial charge in [0.1, 0.15) is 18.3 Å². The molecule has 0 aromatic carbocycles. The Balaban J connectivity index is 4.92. The molecule has 5 atom stereocenters. The van der Waals surface area contributed by atoms with Crippen LogP contribution >= 0.6 is 0 Å². The first kappa shape index (κ1) is 18.2. The molecule has 0 radical (unpaired) electrons. The molecule has 118 valence electrons. The topological polar surface area (TPSA) is 226 Å². The lowest BCUT2D eigenvalue weighted by atomic mass is 10.0. The Morgan fingerprint density at radius 3 is 1.90 bits per heavy atom. The van der Waals surface area contributed by atoms with Crippen LogP contribution in [-0.2, 0) is 9.68 Å². The second-order valence-electron chi connectivity index (χ2n) is 3.46. The average Bonchev–Trinajstić information content (AvgIpc) is 2.34. The van der Waals surface area contributed by atoms with Crippen LogP contribution in [0.2, 0.25) is 0 Å². The molecule has 0 saturated heterocycles. The van der Waals surface area contributed by atoms with Crippen LogP contribution in [0.15, 0.2) is 0 Å². The van der Waals surface area contributed by atoms with E-state index in [-0.39, 0.29) is 0 Å². The molecule has 0 spiro atoms. The van der Waals surface area contributed by atoms with Crippen molar-refractivity contribution in [1.29, 1.82) is 0 Å². The maximum Gasteiger partial charge on any atom is 0.297 e. The van der Waals surface area contributed by atoms with Crippen molar-refractivity contribution >= 4 is 0 Å². The van der Waals surface area contributed by atoms with Crippen molar-refractivity contribution in [3.05, 3.63) is 20.2 Å². The van der Waals surface area contributed by atoms with Gasteiger partial charge in [0.2, 0.25) is 6.29 Å². The van der Waals surface area contributed by atoms with Gasteiger partial charge in [-0.2, -0.15) is 0 Å². The van der Waals surface area contributed by atoms with E-state index in [0.717, 1.165) is 0 Å². The van der Waals surface area contributed by atoms with E-state index in [2.05, 4.69) is 9.68 Å². The summed E-state index contributed by atoms with van der Waals surface area (Å²) in [4.78, 5) is 26.9. The van der Waals surface area contributed by atoms with Crippen LogP contribution in [-0.4, -0.2) is 77.8 Å². The molecule has 0 rings (SSSR count). The normalized spacial score (nSPS) is 20.1. The summed E-state index contributed by atoms with van der Waals surface area (Å²) < 4.78 is 0. The largest absolute Gasteiger partial charge is 0.391 e. The van der Waals surface area contributed by atoms with Gasteiger partial charge in [-0.3, -0.25) is 9.68 Å². The summed E-state index contributed by atoms with van der Waals surface area (Å²) in [6, 6.07) is 0. The molecule has 0 heterocycles. The van der Waals surface area contributed by atoms with Crippen molar-refractivity contribution in [1.82, 2.24) is 0 Å². The van der Waals surface area contributed by atoms with Gasteiger partial charge in [0.25, 0.3) is 16.0 Å². The van der Waals surface area contributed by atoms with Crippen LogP contribution in [0.25, 0.3) is 0 Å². The van der Waals surface area contributed by atoms with Crippen LogP contribution in [0.5, 0.6) is 0 Å². The minimum atomic E-state index is -3.34. The molecular formula is C6H12N2O12. The van der Waals surface area contributed by atoms with Gasteiger partial charge in [0, 0.05) is 0 Å². The molecule has 0 aromatic rings. The van der Waals surface area contributed by atoms with E-state index >= 15 is 0 Å². The number of hydrogen-bond donors (Lipinski definition) is 6. The van der Waals surface area contributed by atoms with Gasteiger partial charge in [0.05, 0.1) is 6.61 Å². The van der Waals surface area contributed by atoms with Crippen molar-refractivity contribution in [3.63, 3.8) is 0 Å². The smallest absolute Gasteiger partial charge is 0.297 e. The molecule has 0 amide bonds. The molecule has 0 aliphatic heterocycles. The first-order valence-corrected chi connectivity index (χ1v) is 4.75. The predicted molar refractivity (Wildman–Crippen MR) is 52.2 cm³/mol. The maximum absolute atomic E-state index is 10.0. The van der Waals surface area contributed by atoms with E-state index in [4.69, 9.17) is 10.2 Å². The summed E-state index contributed by atoms with van der Waals surface area (Å²) in [5.41, 5.74) is 0. The van der Waals surface area contributed by atoms with Crippen LogP contribution in [0.1, 0.15) is 0 Å². The Morgan fingerprint density at radius 2 is 1.55 bits per heavy atom. The predicted octanol–water partition coefficient (Wildman–Crippen LogP) is -4.51. The van der Waals surface area contributed by atoms with Crippen molar-refractivity contribution < 1.29 is 50.5 Å². The van der Waals surface area contributed by atoms with Gasteiger partial charge < -0.3 is 30.6 Å². The number of rotatable bonds is 9. The molecule has 0 fully saturated rings. The van der Waals surface area contributed by atoms with Gasteiger partial charge in [0.15, 0.2) is 0 Å². The Kier molecular flexibility index (Phi) is 6.43. The lowest BCUT2D eigenvalue weighted by molar-refractivity contribution is -0.800. The van der Waals surface area contributed by atoms with E-state index in [1.165, 1.54) is 0 Å². The first-order valence-electron chi connectivity index (χ1n) is 4.75. The number of aliphatic hydroxyl groups is 6. The summed E-state index contributed by atoms with van der Waals surface area (Å²) in [7, 11) is 0. The fourth-order valence-electron chi connectivity index (χ4n) is 1.08. The van der Waals surface area contributed by atoms with Crippen molar-refractivity contribution in [2.75, 3.05) is 6.61 Å². The molecule has 14 nitrogen and oxygen atoms in total. The third-order valence-corrected chi connectivity index (χ3v) is 2.08. The standard InChI is InChI=1S/C6H12N2O12/c9-1-6(14,20-8(17)18)4(12)2(10)3(11)5(13)19-7(15)16/h2-5,9-14H,1H2/t2-,3+,4-,5?,6-/m0/s1. The highest BCUT2D eigenvalue weighted by molar-refractivity contribution is 4.86. The SMILES string of the molecule is O=[N+]([O-])OC(O)[C@H](O)[C@H](O)[C@H](O)[C@](O)(CO)O[N+](=O)[O-]. The lowest BCUT2D eigenvalue weighted by Crippen LogP contribution is -2.59. The van der Waals surface area contributed by atoms with Crippen molar-refractivity contribution in [2.24, 2.45) is 0 Å². The fraction of sp³-hybridized carbons (Fsp3) is 1.00. The van der Waals surface area contributed by atoms with Crippen LogP contribution < -0.4 is 0 Å². The maximum atomic E-state index is 10.0. The molecule has 0 aromatic heterocycles. The molecule has 14 heteroatoms. The van der Waals surface area contributed by atoms with E-state index in [9.17, 15) is 40.7 Å². The lowest BCUT2D eigenvalue weighted by Gasteiger charge is -2.33. The Morgan fingerprint density at radius 1 is 1.05 bits per heavy atom. The summed E-state index contributed by atoms with van der Waals surface area (Å²) in [6.45, 7) is -1.58.